The zero-order valence-corrected chi connectivity index (χ0v) is 12.6. The third-order valence-electron chi connectivity index (χ3n) is 3.27. The van der Waals surface area contributed by atoms with Gasteiger partial charge < -0.3 is 15.0 Å². The minimum Gasteiger partial charge on any atom is -0.490 e. The molecule has 1 aromatic carbocycles. The lowest BCUT2D eigenvalue weighted by Crippen LogP contribution is -2.38. The second-order valence-corrected chi connectivity index (χ2v) is 5.64. The molecule has 2 aromatic rings. The average Bonchev–Trinajstić information content (AvgIpc) is 3.05. The Morgan fingerprint density at radius 3 is 3.00 bits per heavy atom. The Kier molecular flexibility index (Phi) is 4.34. The first-order chi connectivity index (χ1) is 10.7. The maximum Gasteiger partial charge on any atom is 0.227 e. The Hall–Kier alpha value is -2.41. The zero-order valence-electron chi connectivity index (χ0n) is 11.8. The van der Waals surface area contributed by atoms with Crippen LogP contribution in [-0.2, 0) is 9.59 Å². The van der Waals surface area contributed by atoms with Crippen LogP contribution in [0.15, 0.2) is 35.8 Å². The topological polar surface area (TPSA) is 71.5 Å². The van der Waals surface area contributed by atoms with E-state index in [9.17, 15) is 9.59 Å². The molecule has 0 aliphatic carbocycles. The van der Waals surface area contributed by atoms with Gasteiger partial charge in [0.15, 0.2) is 5.13 Å². The first-order valence-corrected chi connectivity index (χ1v) is 7.83. The summed E-state index contributed by atoms with van der Waals surface area (Å²) in [4.78, 5) is 29.8. The van der Waals surface area contributed by atoms with E-state index in [2.05, 4.69) is 10.3 Å². The van der Waals surface area contributed by atoms with Crippen LogP contribution >= 0.6 is 11.3 Å². The number of benzene rings is 1. The maximum absolute atomic E-state index is 12.3. The van der Waals surface area contributed by atoms with Crippen molar-refractivity contribution in [3.63, 3.8) is 0 Å². The van der Waals surface area contributed by atoms with E-state index in [1.165, 1.54) is 11.3 Å². The van der Waals surface area contributed by atoms with Gasteiger partial charge in [0.25, 0.3) is 0 Å². The molecule has 0 saturated heterocycles. The van der Waals surface area contributed by atoms with E-state index in [4.69, 9.17) is 4.74 Å². The number of para-hydroxylation sites is 2. The molecule has 7 heteroatoms. The summed E-state index contributed by atoms with van der Waals surface area (Å²) in [6.45, 7) is 0.970. The van der Waals surface area contributed by atoms with E-state index in [0.717, 1.165) is 5.69 Å². The molecule has 1 aromatic heterocycles. The van der Waals surface area contributed by atoms with E-state index in [0.29, 0.717) is 24.0 Å². The lowest BCUT2D eigenvalue weighted by Gasteiger charge is -2.29. The van der Waals surface area contributed by atoms with Gasteiger partial charge >= 0.3 is 0 Å². The summed E-state index contributed by atoms with van der Waals surface area (Å²) in [6, 6.07) is 7.42. The quantitative estimate of drug-likeness (QED) is 0.939. The van der Waals surface area contributed by atoms with Crippen molar-refractivity contribution in [2.75, 3.05) is 23.4 Å². The summed E-state index contributed by atoms with van der Waals surface area (Å²) in [7, 11) is 0. The number of hydrogen-bond acceptors (Lipinski definition) is 5. The normalized spacial score (nSPS) is 13.2. The fraction of sp³-hybridized carbons (Fsp3) is 0.267. The number of carbonyl (C=O) groups is 2. The van der Waals surface area contributed by atoms with Gasteiger partial charge in [-0.1, -0.05) is 12.1 Å². The van der Waals surface area contributed by atoms with Crippen LogP contribution in [0.2, 0.25) is 0 Å². The molecule has 2 amide bonds. The number of anilines is 2. The second-order valence-electron chi connectivity index (χ2n) is 4.75. The predicted octanol–water partition coefficient (Wildman–Crippen LogP) is 2.29. The Balaban J connectivity index is 1.57. The number of aromatic nitrogens is 1. The largest absolute Gasteiger partial charge is 0.490 e. The Morgan fingerprint density at radius 2 is 2.18 bits per heavy atom. The van der Waals surface area contributed by atoms with E-state index in [1.54, 1.807) is 16.5 Å². The van der Waals surface area contributed by atoms with Crippen LogP contribution in [0.3, 0.4) is 0 Å². The first-order valence-electron chi connectivity index (χ1n) is 6.95. The highest BCUT2D eigenvalue weighted by Gasteiger charge is 2.23. The van der Waals surface area contributed by atoms with Crippen molar-refractivity contribution in [1.29, 1.82) is 0 Å². The van der Waals surface area contributed by atoms with E-state index in [-0.39, 0.29) is 24.7 Å². The highest BCUT2D eigenvalue weighted by Crippen LogP contribution is 2.31. The van der Waals surface area contributed by atoms with Gasteiger partial charge in [0.1, 0.15) is 12.4 Å². The molecule has 0 unspecified atom stereocenters. The molecule has 0 saturated carbocycles. The van der Waals surface area contributed by atoms with Gasteiger partial charge in [-0.15, -0.1) is 11.3 Å². The molecular weight excluding hydrogens is 302 g/mol. The Labute approximate surface area is 131 Å². The minimum absolute atomic E-state index is 0.0787. The number of nitrogens with one attached hydrogen (secondary N) is 1. The van der Waals surface area contributed by atoms with Gasteiger partial charge in [-0.3, -0.25) is 9.59 Å². The molecule has 1 aliphatic heterocycles. The van der Waals surface area contributed by atoms with Gasteiger partial charge in [0.2, 0.25) is 11.8 Å². The zero-order chi connectivity index (χ0) is 15.4. The minimum atomic E-state index is -0.204. The number of amides is 2. The summed E-state index contributed by atoms with van der Waals surface area (Å²) < 4.78 is 5.52. The third kappa shape index (κ3) is 3.25. The van der Waals surface area contributed by atoms with Crippen LogP contribution in [0.4, 0.5) is 10.8 Å². The standard InChI is InChI=1S/C15H15N3O3S/c19-13(17-15-16-7-10-22-15)5-6-14(20)18-8-9-21-12-4-2-1-3-11(12)18/h1-4,7,10H,5-6,8-9H2,(H,16,17,19). The summed E-state index contributed by atoms with van der Waals surface area (Å²) in [5.74, 6) is 0.421. The van der Waals surface area contributed by atoms with Gasteiger partial charge in [-0.05, 0) is 12.1 Å². The first kappa shape index (κ1) is 14.5. The molecule has 1 aliphatic rings. The lowest BCUT2D eigenvalue weighted by molar-refractivity contribution is -0.122. The van der Waals surface area contributed by atoms with Crippen LogP contribution in [0.1, 0.15) is 12.8 Å². The fourth-order valence-electron chi connectivity index (χ4n) is 2.25. The summed E-state index contributed by atoms with van der Waals surface area (Å²) >= 11 is 1.35. The summed E-state index contributed by atoms with van der Waals surface area (Å²) in [6.07, 6.45) is 1.92. The molecule has 0 radical (unpaired) electrons. The number of ether oxygens (including phenoxy) is 1. The highest BCUT2D eigenvalue weighted by molar-refractivity contribution is 7.13. The fourth-order valence-corrected chi connectivity index (χ4v) is 2.80. The molecule has 0 fully saturated rings. The van der Waals surface area contributed by atoms with Crippen LogP contribution in [-0.4, -0.2) is 29.9 Å². The van der Waals surface area contributed by atoms with Crippen LogP contribution < -0.4 is 15.0 Å². The molecule has 1 N–H and O–H groups in total. The molecule has 3 rings (SSSR count). The molecular formula is C15H15N3O3S. The lowest BCUT2D eigenvalue weighted by atomic mass is 10.2. The molecule has 114 valence electrons. The Morgan fingerprint density at radius 1 is 1.32 bits per heavy atom. The monoisotopic (exact) mass is 317 g/mol. The Bertz CT molecular complexity index is 672. The van der Waals surface area contributed by atoms with Crippen molar-refractivity contribution < 1.29 is 14.3 Å². The van der Waals surface area contributed by atoms with Crippen molar-refractivity contribution in [2.45, 2.75) is 12.8 Å². The van der Waals surface area contributed by atoms with Crippen molar-refractivity contribution >= 4 is 34.0 Å². The van der Waals surface area contributed by atoms with E-state index < -0.39 is 0 Å². The number of fused-ring (bicyclic) bond motifs is 1. The summed E-state index contributed by atoms with van der Waals surface area (Å²) in [5, 5.41) is 5.01. The van der Waals surface area contributed by atoms with Gasteiger partial charge in [-0.2, -0.15) is 0 Å². The molecule has 0 bridgehead atoms. The second kappa shape index (κ2) is 6.57. The van der Waals surface area contributed by atoms with Gasteiger partial charge in [0, 0.05) is 24.4 Å². The average molecular weight is 317 g/mol. The van der Waals surface area contributed by atoms with E-state index >= 15 is 0 Å². The van der Waals surface area contributed by atoms with Crippen molar-refractivity contribution in [1.82, 2.24) is 4.98 Å². The maximum atomic E-state index is 12.3. The van der Waals surface area contributed by atoms with Gasteiger partial charge in [-0.25, -0.2) is 4.98 Å². The van der Waals surface area contributed by atoms with Crippen LogP contribution in [0, 0.1) is 0 Å². The SMILES string of the molecule is O=C(CCC(=O)N1CCOc2ccccc21)Nc1nccs1. The van der Waals surface area contributed by atoms with Crippen molar-refractivity contribution in [3.05, 3.63) is 35.8 Å². The number of hydrogen-bond donors (Lipinski definition) is 1. The number of nitrogens with zero attached hydrogens (tertiary/aromatic N) is 2. The third-order valence-corrected chi connectivity index (χ3v) is 3.96. The molecule has 2 heterocycles. The van der Waals surface area contributed by atoms with Crippen LogP contribution in [0.5, 0.6) is 5.75 Å². The number of carbonyl (C=O) groups excluding carboxylic acids is 2. The highest BCUT2D eigenvalue weighted by atomic mass is 32.1. The van der Waals surface area contributed by atoms with Crippen molar-refractivity contribution in [3.8, 4) is 5.75 Å². The number of rotatable bonds is 4. The predicted molar refractivity (Wildman–Crippen MR) is 84.3 cm³/mol. The summed E-state index contributed by atoms with van der Waals surface area (Å²) in [5.41, 5.74) is 0.763. The number of thiazole rings is 1. The van der Waals surface area contributed by atoms with Crippen molar-refractivity contribution in [2.24, 2.45) is 0 Å². The molecule has 0 spiro atoms. The van der Waals surface area contributed by atoms with Crippen LogP contribution in [0.25, 0.3) is 0 Å². The molecule has 6 nitrogen and oxygen atoms in total. The molecule has 0 atom stereocenters. The van der Waals surface area contributed by atoms with E-state index in [1.807, 2.05) is 24.3 Å². The van der Waals surface area contributed by atoms with Gasteiger partial charge in [0.05, 0.1) is 12.2 Å². The smallest absolute Gasteiger partial charge is 0.227 e. The molecule has 22 heavy (non-hydrogen) atoms.